The van der Waals surface area contributed by atoms with Gasteiger partial charge in [0.25, 0.3) is 0 Å². The van der Waals surface area contributed by atoms with Crippen LogP contribution in [0.2, 0.25) is 0 Å². The van der Waals surface area contributed by atoms with Gasteiger partial charge in [-0.05, 0) is 50.6 Å². The quantitative estimate of drug-likeness (QED) is 0.511. The van der Waals surface area contributed by atoms with Gasteiger partial charge < -0.3 is 9.47 Å². The molecule has 0 atom stereocenters. The van der Waals surface area contributed by atoms with Crippen molar-refractivity contribution in [3.63, 3.8) is 0 Å². The number of rotatable bonds is 5. The summed E-state index contributed by atoms with van der Waals surface area (Å²) in [5, 5.41) is 2.63. The predicted octanol–water partition coefficient (Wildman–Crippen LogP) is 5.81. The second-order valence-corrected chi connectivity index (χ2v) is 8.10. The molecule has 1 aromatic heterocycles. The Morgan fingerprint density at radius 3 is 2.82 bits per heavy atom. The lowest BCUT2D eigenvalue weighted by atomic mass is 9.99. The van der Waals surface area contributed by atoms with Crippen LogP contribution in [-0.2, 0) is 6.42 Å². The molecule has 0 amide bonds. The van der Waals surface area contributed by atoms with Gasteiger partial charge in [-0.1, -0.05) is 12.1 Å². The second-order valence-electron chi connectivity index (χ2n) is 7.26. The molecule has 0 unspecified atom stereocenters. The number of aliphatic imine (C=N–C) groups is 1. The molecular weight excluding hydrogens is 375 g/mol. The third kappa shape index (κ3) is 3.92. The maximum Gasteiger partial charge on any atom is 0.209 e. The molecule has 0 saturated heterocycles. The topological polar surface area (TPSA) is 43.7 Å². The van der Waals surface area contributed by atoms with E-state index in [1.807, 2.05) is 18.4 Å². The van der Waals surface area contributed by atoms with Crippen LogP contribution < -0.4 is 9.47 Å². The number of thiazole rings is 1. The first-order chi connectivity index (χ1) is 13.4. The highest BCUT2D eigenvalue weighted by Crippen LogP contribution is 2.45. The van der Waals surface area contributed by atoms with Crippen molar-refractivity contribution in [1.29, 1.82) is 0 Å². The van der Waals surface area contributed by atoms with E-state index < -0.39 is 0 Å². The summed E-state index contributed by atoms with van der Waals surface area (Å²) in [5.74, 6) is 1.33. The summed E-state index contributed by atoms with van der Waals surface area (Å²) in [6.07, 6.45) is 2.52. The first kappa shape index (κ1) is 18.6. The molecular formula is C22H21FN2O2S. The molecule has 2 aromatic carbocycles. The van der Waals surface area contributed by atoms with E-state index in [1.165, 1.54) is 23.5 Å². The SMILES string of the molecule is CCOc1cc(-c2csc(/N=C/c3ccc(F)cc3)n2)cc2c1OC(C)(C)C2. The van der Waals surface area contributed by atoms with Crippen molar-refractivity contribution < 1.29 is 13.9 Å². The van der Waals surface area contributed by atoms with Crippen molar-refractivity contribution in [1.82, 2.24) is 4.98 Å². The molecule has 1 aliphatic rings. The van der Waals surface area contributed by atoms with Crippen LogP contribution in [0.4, 0.5) is 9.52 Å². The Morgan fingerprint density at radius 2 is 2.07 bits per heavy atom. The Hall–Kier alpha value is -2.73. The van der Waals surface area contributed by atoms with Crippen LogP contribution in [0, 0.1) is 5.82 Å². The fourth-order valence-corrected chi connectivity index (χ4v) is 3.89. The molecule has 28 heavy (non-hydrogen) atoms. The largest absolute Gasteiger partial charge is 0.490 e. The molecule has 0 spiro atoms. The molecule has 0 saturated carbocycles. The Bertz CT molecular complexity index is 1030. The van der Waals surface area contributed by atoms with Gasteiger partial charge in [0.2, 0.25) is 5.13 Å². The lowest BCUT2D eigenvalue weighted by Crippen LogP contribution is -2.24. The van der Waals surface area contributed by atoms with Crippen molar-refractivity contribution in [3.8, 4) is 22.8 Å². The van der Waals surface area contributed by atoms with Gasteiger partial charge in [-0.2, -0.15) is 0 Å². The van der Waals surface area contributed by atoms with Crippen LogP contribution >= 0.6 is 11.3 Å². The van der Waals surface area contributed by atoms with Gasteiger partial charge in [0.1, 0.15) is 11.4 Å². The number of ether oxygens (including phenoxy) is 2. The number of hydrogen-bond donors (Lipinski definition) is 0. The van der Waals surface area contributed by atoms with E-state index >= 15 is 0 Å². The van der Waals surface area contributed by atoms with Crippen molar-refractivity contribution >= 4 is 22.7 Å². The minimum atomic E-state index is -0.262. The van der Waals surface area contributed by atoms with Crippen molar-refractivity contribution in [2.24, 2.45) is 4.99 Å². The van der Waals surface area contributed by atoms with Gasteiger partial charge in [0.05, 0.1) is 12.3 Å². The molecule has 0 fully saturated rings. The Morgan fingerprint density at radius 1 is 1.29 bits per heavy atom. The molecule has 1 aliphatic heterocycles. The summed E-state index contributed by atoms with van der Waals surface area (Å²) in [7, 11) is 0. The monoisotopic (exact) mass is 396 g/mol. The zero-order valence-electron chi connectivity index (χ0n) is 16.0. The van der Waals surface area contributed by atoms with E-state index in [2.05, 4.69) is 29.9 Å². The maximum atomic E-state index is 13.0. The highest BCUT2D eigenvalue weighted by Gasteiger charge is 2.33. The summed E-state index contributed by atoms with van der Waals surface area (Å²) in [4.78, 5) is 9.04. The maximum absolute atomic E-state index is 13.0. The van der Waals surface area contributed by atoms with E-state index in [0.717, 1.165) is 40.3 Å². The van der Waals surface area contributed by atoms with Crippen molar-refractivity contribution in [3.05, 3.63) is 58.7 Å². The third-order valence-electron chi connectivity index (χ3n) is 4.41. The molecule has 4 rings (SSSR count). The molecule has 0 radical (unpaired) electrons. The van der Waals surface area contributed by atoms with Gasteiger partial charge >= 0.3 is 0 Å². The van der Waals surface area contributed by atoms with Gasteiger partial charge in [0, 0.05) is 29.1 Å². The summed E-state index contributed by atoms with van der Waals surface area (Å²) < 4.78 is 24.9. The number of benzene rings is 2. The molecule has 0 bridgehead atoms. The molecule has 3 aromatic rings. The summed E-state index contributed by atoms with van der Waals surface area (Å²) in [5.41, 5.74) is 3.57. The minimum Gasteiger partial charge on any atom is -0.490 e. The average molecular weight is 396 g/mol. The van der Waals surface area contributed by atoms with Crippen LogP contribution in [-0.4, -0.2) is 23.4 Å². The van der Waals surface area contributed by atoms with E-state index in [0.29, 0.717) is 11.7 Å². The summed E-state index contributed by atoms with van der Waals surface area (Å²) >= 11 is 1.46. The molecule has 0 aliphatic carbocycles. The fraction of sp³-hybridized carbons (Fsp3) is 0.273. The van der Waals surface area contributed by atoms with Gasteiger partial charge in [-0.25, -0.2) is 14.4 Å². The van der Waals surface area contributed by atoms with E-state index in [9.17, 15) is 4.39 Å². The van der Waals surface area contributed by atoms with Crippen molar-refractivity contribution in [2.75, 3.05) is 6.61 Å². The lowest BCUT2D eigenvalue weighted by Gasteiger charge is -2.18. The molecule has 0 N–H and O–H groups in total. The number of hydrogen-bond acceptors (Lipinski definition) is 5. The minimum absolute atomic E-state index is 0.237. The molecule has 2 heterocycles. The van der Waals surface area contributed by atoms with Crippen LogP contribution in [0.1, 0.15) is 31.9 Å². The smallest absolute Gasteiger partial charge is 0.209 e. The van der Waals surface area contributed by atoms with Crippen LogP contribution in [0.5, 0.6) is 11.5 Å². The van der Waals surface area contributed by atoms with Crippen molar-refractivity contribution in [2.45, 2.75) is 32.8 Å². The predicted molar refractivity (Wildman–Crippen MR) is 111 cm³/mol. The summed E-state index contributed by atoms with van der Waals surface area (Å²) in [6.45, 7) is 6.69. The van der Waals surface area contributed by atoms with Crippen LogP contribution in [0.3, 0.4) is 0 Å². The fourth-order valence-electron chi connectivity index (χ4n) is 3.22. The normalized spacial score (nSPS) is 14.9. The second kappa shape index (κ2) is 7.36. The third-order valence-corrected chi connectivity index (χ3v) is 5.16. The Kier molecular flexibility index (Phi) is 4.89. The Balaban J connectivity index is 1.62. The first-order valence-corrected chi connectivity index (χ1v) is 10.1. The van der Waals surface area contributed by atoms with Crippen LogP contribution in [0.15, 0.2) is 46.8 Å². The standard InChI is InChI=1S/C22H21FN2O2S/c1-4-26-19-10-15(9-16-11-22(2,3)27-20(16)19)18-13-28-21(25-18)24-12-14-5-7-17(23)8-6-14/h5-10,12-13H,4,11H2,1-3H3/b24-12+. The highest BCUT2D eigenvalue weighted by molar-refractivity contribution is 7.13. The van der Waals surface area contributed by atoms with E-state index in [1.54, 1.807) is 18.3 Å². The zero-order chi connectivity index (χ0) is 19.7. The van der Waals surface area contributed by atoms with Gasteiger partial charge in [0.15, 0.2) is 11.5 Å². The zero-order valence-corrected chi connectivity index (χ0v) is 16.8. The number of fused-ring (bicyclic) bond motifs is 1. The van der Waals surface area contributed by atoms with Gasteiger partial charge in [-0.3, -0.25) is 0 Å². The number of aromatic nitrogens is 1. The first-order valence-electron chi connectivity index (χ1n) is 9.18. The Labute approximate surface area is 167 Å². The molecule has 144 valence electrons. The summed E-state index contributed by atoms with van der Waals surface area (Å²) in [6, 6.07) is 10.3. The molecule has 4 nitrogen and oxygen atoms in total. The lowest BCUT2D eigenvalue weighted by molar-refractivity contribution is 0.132. The number of halogens is 1. The number of nitrogens with zero attached hydrogens (tertiary/aromatic N) is 2. The van der Waals surface area contributed by atoms with Crippen LogP contribution in [0.25, 0.3) is 11.3 Å². The molecule has 6 heteroatoms. The highest BCUT2D eigenvalue weighted by atomic mass is 32.1. The van der Waals surface area contributed by atoms with Gasteiger partial charge in [-0.15, -0.1) is 11.3 Å². The average Bonchev–Trinajstić information content (AvgIpc) is 3.24. The van der Waals surface area contributed by atoms with E-state index in [4.69, 9.17) is 9.47 Å². The van der Waals surface area contributed by atoms with E-state index in [-0.39, 0.29) is 11.4 Å².